The molecule has 0 aromatic heterocycles. The van der Waals surface area contributed by atoms with Crippen molar-refractivity contribution in [3.05, 3.63) is 53.6 Å². The molecule has 2 aromatic rings. The average molecular weight is 442 g/mol. The van der Waals surface area contributed by atoms with Crippen LogP contribution in [0.5, 0.6) is 5.75 Å². The number of nitrogens with zero attached hydrogens (tertiary/aromatic N) is 1. The molecule has 1 heterocycles. The van der Waals surface area contributed by atoms with Crippen LogP contribution < -0.4 is 14.4 Å². The Morgan fingerprint density at radius 1 is 1.23 bits per heavy atom. The van der Waals surface area contributed by atoms with Crippen LogP contribution in [0.1, 0.15) is 24.5 Å². The Morgan fingerprint density at radius 3 is 2.60 bits per heavy atom. The molecule has 10 heteroatoms. The standard InChI is InChI=1S/C20H21F3N2O4S/c1-3-10-24-19(26)18-12-25(16-6-4-5-7-17(16)29-18)30(27,28)14-9-8-13(2)15(11-14)20(21,22)23/h4-9,11,18H,3,10,12H2,1-2H3,(H,24,26). The van der Waals surface area contributed by atoms with Gasteiger partial charge in [-0.05, 0) is 43.2 Å². The summed E-state index contributed by atoms with van der Waals surface area (Å²) in [5, 5.41) is 2.65. The van der Waals surface area contributed by atoms with Gasteiger partial charge in [-0.15, -0.1) is 0 Å². The number of alkyl halides is 3. The van der Waals surface area contributed by atoms with E-state index in [1.165, 1.54) is 19.1 Å². The zero-order chi connectivity index (χ0) is 22.1. The highest BCUT2D eigenvalue weighted by Gasteiger charge is 2.39. The van der Waals surface area contributed by atoms with Crippen molar-refractivity contribution >= 4 is 21.6 Å². The van der Waals surface area contributed by atoms with E-state index in [9.17, 15) is 26.4 Å². The summed E-state index contributed by atoms with van der Waals surface area (Å²) in [6, 6.07) is 9.05. The normalized spacial score (nSPS) is 16.6. The largest absolute Gasteiger partial charge is 0.476 e. The molecule has 6 nitrogen and oxygen atoms in total. The van der Waals surface area contributed by atoms with Crippen LogP contribution in [0, 0.1) is 6.92 Å². The highest BCUT2D eigenvalue weighted by molar-refractivity contribution is 7.92. The maximum absolute atomic E-state index is 13.3. The van der Waals surface area contributed by atoms with Crippen LogP contribution in [-0.2, 0) is 21.0 Å². The third-order valence-corrected chi connectivity index (χ3v) is 6.45. The van der Waals surface area contributed by atoms with Gasteiger partial charge in [0.05, 0.1) is 22.7 Å². The van der Waals surface area contributed by atoms with Gasteiger partial charge in [0.2, 0.25) is 0 Å². The predicted molar refractivity (Wildman–Crippen MR) is 105 cm³/mol. The molecule has 1 aliphatic rings. The van der Waals surface area contributed by atoms with E-state index in [-0.39, 0.29) is 23.5 Å². The van der Waals surface area contributed by atoms with Crippen LogP contribution in [-0.4, -0.2) is 33.5 Å². The highest BCUT2D eigenvalue weighted by Crippen LogP contribution is 2.38. The third kappa shape index (κ3) is 4.23. The number of anilines is 1. The molecule has 162 valence electrons. The van der Waals surface area contributed by atoms with Crippen molar-refractivity contribution in [2.45, 2.75) is 37.4 Å². The van der Waals surface area contributed by atoms with Crippen molar-refractivity contribution in [3.8, 4) is 5.75 Å². The number of fused-ring (bicyclic) bond motifs is 1. The second-order valence-electron chi connectivity index (χ2n) is 6.88. The van der Waals surface area contributed by atoms with E-state index in [0.29, 0.717) is 19.0 Å². The number of hydrogen-bond donors (Lipinski definition) is 1. The van der Waals surface area contributed by atoms with E-state index in [4.69, 9.17) is 4.74 Å². The lowest BCUT2D eigenvalue weighted by Gasteiger charge is -2.34. The number of carbonyl (C=O) groups excluding carboxylic acids is 1. The summed E-state index contributed by atoms with van der Waals surface area (Å²) in [7, 11) is -4.39. The first kappa shape index (κ1) is 21.9. The summed E-state index contributed by atoms with van der Waals surface area (Å²) in [5.74, 6) is -0.335. The number of para-hydroxylation sites is 2. The summed E-state index contributed by atoms with van der Waals surface area (Å²) in [6.45, 7) is 3.16. The molecule has 0 radical (unpaired) electrons. The van der Waals surface area contributed by atoms with Gasteiger partial charge in [-0.2, -0.15) is 13.2 Å². The number of hydrogen-bond acceptors (Lipinski definition) is 4. The molecule has 0 bridgehead atoms. The minimum Gasteiger partial charge on any atom is -0.476 e. The van der Waals surface area contributed by atoms with Gasteiger partial charge in [0.15, 0.2) is 6.10 Å². The van der Waals surface area contributed by atoms with Gasteiger partial charge >= 0.3 is 6.18 Å². The SMILES string of the molecule is CCCNC(=O)C1CN(S(=O)(=O)c2ccc(C)c(C(F)(F)F)c2)c2ccccc2O1. The molecule has 30 heavy (non-hydrogen) atoms. The number of aryl methyl sites for hydroxylation is 1. The molecule has 0 fully saturated rings. The number of sulfonamides is 1. The Balaban J connectivity index is 2.05. The molecule has 1 unspecified atom stereocenters. The highest BCUT2D eigenvalue weighted by atomic mass is 32.2. The fraction of sp³-hybridized carbons (Fsp3) is 0.350. The molecule has 2 aromatic carbocycles. The molecule has 0 spiro atoms. The van der Waals surface area contributed by atoms with E-state index in [0.717, 1.165) is 16.4 Å². The van der Waals surface area contributed by atoms with Crippen LogP contribution in [0.3, 0.4) is 0 Å². The lowest BCUT2D eigenvalue weighted by Crippen LogP contribution is -2.50. The maximum atomic E-state index is 13.3. The number of rotatable bonds is 5. The topological polar surface area (TPSA) is 75.7 Å². The number of nitrogens with one attached hydrogen (secondary N) is 1. The van der Waals surface area contributed by atoms with Gasteiger partial charge in [0.1, 0.15) is 5.75 Å². The maximum Gasteiger partial charge on any atom is 0.416 e. The first-order chi connectivity index (χ1) is 14.1. The smallest absolute Gasteiger partial charge is 0.416 e. The Labute approximate surface area is 172 Å². The van der Waals surface area contributed by atoms with Gasteiger partial charge in [0.25, 0.3) is 15.9 Å². The minimum atomic E-state index is -4.69. The Morgan fingerprint density at radius 2 is 1.93 bits per heavy atom. The second kappa shape index (κ2) is 8.17. The molecule has 1 N–H and O–H groups in total. The summed E-state index contributed by atoms with van der Waals surface area (Å²) in [4.78, 5) is 11.9. The zero-order valence-electron chi connectivity index (χ0n) is 16.4. The molecule has 0 saturated heterocycles. The number of amides is 1. The van der Waals surface area contributed by atoms with E-state index >= 15 is 0 Å². The lowest BCUT2D eigenvalue weighted by molar-refractivity contribution is -0.138. The Bertz CT molecular complexity index is 1050. The fourth-order valence-corrected chi connectivity index (χ4v) is 4.63. The second-order valence-corrected chi connectivity index (χ2v) is 8.74. The fourth-order valence-electron chi connectivity index (χ4n) is 3.12. The average Bonchev–Trinajstić information content (AvgIpc) is 2.70. The molecule has 1 amide bonds. The minimum absolute atomic E-state index is 0.0827. The monoisotopic (exact) mass is 442 g/mol. The van der Waals surface area contributed by atoms with Crippen molar-refractivity contribution in [2.75, 3.05) is 17.4 Å². The number of ether oxygens (including phenoxy) is 1. The first-order valence-corrected chi connectivity index (χ1v) is 10.7. The summed E-state index contributed by atoms with van der Waals surface area (Å²) >= 11 is 0. The molecule has 0 aliphatic carbocycles. The predicted octanol–water partition coefficient (Wildman–Crippen LogP) is 3.50. The first-order valence-electron chi connectivity index (χ1n) is 9.29. The summed E-state index contributed by atoms with van der Waals surface area (Å²) in [6.07, 6.45) is -5.14. The molecule has 1 aliphatic heterocycles. The van der Waals surface area contributed by atoms with Crippen molar-refractivity contribution < 1.29 is 31.1 Å². The van der Waals surface area contributed by atoms with Crippen LogP contribution in [0.15, 0.2) is 47.4 Å². The van der Waals surface area contributed by atoms with E-state index < -0.39 is 38.7 Å². The summed E-state index contributed by atoms with van der Waals surface area (Å²) < 4.78 is 73.1. The number of halogens is 3. The van der Waals surface area contributed by atoms with E-state index in [1.54, 1.807) is 12.1 Å². The van der Waals surface area contributed by atoms with Gasteiger partial charge in [-0.25, -0.2) is 8.42 Å². The zero-order valence-corrected chi connectivity index (χ0v) is 17.2. The molecule has 3 rings (SSSR count). The molecule has 0 saturated carbocycles. The van der Waals surface area contributed by atoms with Crippen LogP contribution in [0.2, 0.25) is 0 Å². The van der Waals surface area contributed by atoms with E-state index in [1.807, 2.05) is 6.92 Å². The molecular formula is C20H21F3N2O4S. The lowest BCUT2D eigenvalue weighted by atomic mass is 10.1. The quantitative estimate of drug-likeness (QED) is 0.769. The van der Waals surface area contributed by atoms with Crippen LogP contribution in [0.25, 0.3) is 0 Å². The van der Waals surface area contributed by atoms with Crippen molar-refractivity contribution in [1.82, 2.24) is 5.32 Å². The van der Waals surface area contributed by atoms with Crippen molar-refractivity contribution in [3.63, 3.8) is 0 Å². The van der Waals surface area contributed by atoms with Crippen LogP contribution in [0.4, 0.5) is 18.9 Å². The third-order valence-electron chi connectivity index (χ3n) is 4.68. The van der Waals surface area contributed by atoms with Gasteiger partial charge in [-0.3, -0.25) is 9.10 Å². The molecular weight excluding hydrogens is 421 g/mol. The Kier molecular flexibility index (Phi) is 5.98. The van der Waals surface area contributed by atoms with Gasteiger partial charge in [0, 0.05) is 6.54 Å². The van der Waals surface area contributed by atoms with Gasteiger partial charge < -0.3 is 10.1 Å². The number of carbonyl (C=O) groups is 1. The Hall–Kier alpha value is -2.75. The van der Waals surface area contributed by atoms with Crippen molar-refractivity contribution in [2.24, 2.45) is 0 Å². The molecule has 1 atom stereocenters. The summed E-state index contributed by atoms with van der Waals surface area (Å²) in [5.41, 5.74) is -0.950. The van der Waals surface area contributed by atoms with Crippen LogP contribution >= 0.6 is 0 Å². The van der Waals surface area contributed by atoms with Crippen molar-refractivity contribution in [1.29, 1.82) is 0 Å². The number of benzene rings is 2. The van der Waals surface area contributed by atoms with Gasteiger partial charge in [-0.1, -0.05) is 25.1 Å². The van der Waals surface area contributed by atoms with E-state index in [2.05, 4.69) is 5.32 Å².